The molecule has 1 aliphatic rings. The first-order valence-electron chi connectivity index (χ1n) is 6.40. The van der Waals surface area contributed by atoms with Crippen LogP contribution in [0.25, 0.3) is 0 Å². The number of carbonyl (C=O) groups is 1. The number of carbonyl (C=O) groups excluding carboxylic acids is 1. The second-order valence-electron chi connectivity index (χ2n) is 4.89. The Kier molecular flexibility index (Phi) is 4.24. The molecule has 0 saturated carbocycles. The normalized spacial score (nSPS) is 15.8. The summed E-state index contributed by atoms with van der Waals surface area (Å²) < 4.78 is 24.1. The molecule has 3 N–H and O–H groups in total. The van der Waals surface area contributed by atoms with Gasteiger partial charge in [-0.25, -0.2) is 13.6 Å². The van der Waals surface area contributed by atoms with Crippen LogP contribution in [0, 0.1) is 0 Å². The Bertz CT molecular complexity index is 646. The van der Waals surface area contributed by atoms with E-state index >= 15 is 0 Å². The fourth-order valence-electron chi connectivity index (χ4n) is 2.21. The van der Waals surface area contributed by atoms with Crippen molar-refractivity contribution in [1.29, 1.82) is 0 Å². The van der Waals surface area contributed by atoms with Crippen LogP contribution in [-0.2, 0) is 21.9 Å². The molecule has 0 spiro atoms. The monoisotopic (exact) mass is 298 g/mol. The summed E-state index contributed by atoms with van der Waals surface area (Å²) >= 11 is 0. The van der Waals surface area contributed by atoms with Gasteiger partial charge in [0, 0.05) is 19.7 Å². The van der Waals surface area contributed by atoms with Gasteiger partial charge in [-0.2, -0.15) is 5.10 Å². The van der Waals surface area contributed by atoms with E-state index in [1.54, 1.807) is 7.05 Å². The van der Waals surface area contributed by atoms with E-state index in [0.717, 1.165) is 31.3 Å². The Morgan fingerprint density at radius 3 is 2.85 bits per heavy atom. The van der Waals surface area contributed by atoms with Crippen molar-refractivity contribution in [3.8, 4) is 0 Å². The van der Waals surface area contributed by atoms with Crippen LogP contribution in [0.15, 0.2) is 22.7 Å². The second-order valence-corrected chi connectivity index (χ2v) is 6.42. The van der Waals surface area contributed by atoms with Crippen molar-refractivity contribution < 1.29 is 13.2 Å². The molecule has 0 atom stereocenters. The van der Waals surface area contributed by atoms with E-state index in [1.807, 2.05) is 0 Å². The van der Waals surface area contributed by atoms with Crippen molar-refractivity contribution >= 4 is 21.7 Å². The third-order valence-corrected chi connectivity index (χ3v) is 4.04. The van der Waals surface area contributed by atoms with Crippen molar-refractivity contribution in [2.45, 2.75) is 37.0 Å². The summed E-state index contributed by atoms with van der Waals surface area (Å²) in [6.07, 6.45) is 7.76. The van der Waals surface area contributed by atoms with Gasteiger partial charge in [0.2, 0.25) is 15.9 Å². The van der Waals surface area contributed by atoms with E-state index in [4.69, 9.17) is 5.14 Å². The largest absolute Gasteiger partial charge is 0.308 e. The van der Waals surface area contributed by atoms with Crippen LogP contribution in [0.4, 0.5) is 5.82 Å². The number of rotatable bonds is 4. The Morgan fingerprint density at radius 1 is 1.50 bits per heavy atom. The minimum Gasteiger partial charge on any atom is -0.308 e. The molecule has 1 amide bonds. The molecule has 1 aliphatic carbocycles. The van der Waals surface area contributed by atoms with E-state index in [1.165, 1.54) is 10.9 Å². The van der Waals surface area contributed by atoms with Gasteiger partial charge in [-0.05, 0) is 25.7 Å². The standard InChI is InChI=1S/C12H18N4O3S/c1-16-8-10(20(13,18)19)12(15-16)14-11(17)7-9-5-3-2-4-6-9/h5,8H,2-4,6-7H2,1H3,(H2,13,18,19)(H,14,15,17). The molecule has 1 aromatic rings. The number of amides is 1. The Labute approximate surface area is 117 Å². The summed E-state index contributed by atoms with van der Waals surface area (Å²) in [4.78, 5) is 11.8. The molecule has 0 bridgehead atoms. The molecule has 8 heteroatoms. The van der Waals surface area contributed by atoms with E-state index < -0.39 is 10.0 Å². The lowest BCUT2D eigenvalue weighted by molar-refractivity contribution is -0.115. The number of aromatic nitrogens is 2. The summed E-state index contributed by atoms with van der Waals surface area (Å²) in [6, 6.07) is 0. The molecule has 0 saturated heterocycles. The third kappa shape index (κ3) is 3.67. The summed E-state index contributed by atoms with van der Waals surface area (Å²) in [5, 5.41) is 11.5. The number of anilines is 1. The van der Waals surface area contributed by atoms with E-state index in [2.05, 4.69) is 16.5 Å². The van der Waals surface area contributed by atoms with Crippen LogP contribution in [0.5, 0.6) is 0 Å². The van der Waals surface area contributed by atoms with Gasteiger partial charge in [0.1, 0.15) is 4.90 Å². The Balaban J connectivity index is 2.10. The van der Waals surface area contributed by atoms with Crippen molar-refractivity contribution in [3.05, 3.63) is 17.8 Å². The molecule has 7 nitrogen and oxygen atoms in total. The predicted molar refractivity (Wildman–Crippen MR) is 74.4 cm³/mol. The highest BCUT2D eigenvalue weighted by Crippen LogP contribution is 2.22. The number of allylic oxidation sites excluding steroid dienone is 1. The molecule has 0 unspecified atom stereocenters. The molecule has 1 heterocycles. The summed E-state index contributed by atoms with van der Waals surface area (Å²) in [7, 11) is -2.34. The molecule has 0 radical (unpaired) electrons. The zero-order valence-electron chi connectivity index (χ0n) is 11.3. The zero-order valence-corrected chi connectivity index (χ0v) is 12.1. The summed E-state index contributed by atoms with van der Waals surface area (Å²) in [5.74, 6) is -0.293. The number of aryl methyl sites for hydroxylation is 1. The van der Waals surface area contributed by atoms with Crippen LogP contribution in [0.1, 0.15) is 32.1 Å². The molecular weight excluding hydrogens is 280 g/mol. The lowest BCUT2D eigenvalue weighted by Gasteiger charge is -2.12. The lowest BCUT2D eigenvalue weighted by Crippen LogP contribution is -2.18. The van der Waals surface area contributed by atoms with E-state index in [-0.39, 0.29) is 23.0 Å². The highest BCUT2D eigenvalue weighted by atomic mass is 32.2. The van der Waals surface area contributed by atoms with Gasteiger partial charge in [0.15, 0.2) is 5.82 Å². The molecule has 2 rings (SSSR count). The average molecular weight is 298 g/mol. The lowest BCUT2D eigenvalue weighted by atomic mass is 9.97. The maximum atomic E-state index is 11.9. The molecule has 110 valence electrons. The van der Waals surface area contributed by atoms with Gasteiger partial charge in [0.05, 0.1) is 0 Å². The molecule has 0 fully saturated rings. The van der Waals surface area contributed by atoms with Crippen LogP contribution in [0.2, 0.25) is 0 Å². The Hall–Kier alpha value is -1.67. The predicted octanol–water partition coefficient (Wildman–Crippen LogP) is 0.896. The highest BCUT2D eigenvalue weighted by molar-refractivity contribution is 7.89. The second kappa shape index (κ2) is 5.76. The molecule has 0 aliphatic heterocycles. The Morgan fingerprint density at radius 2 is 2.25 bits per heavy atom. The first kappa shape index (κ1) is 14.7. The third-order valence-electron chi connectivity index (χ3n) is 3.13. The van der Waals surface area contributed by atoms with Crippen LogP contribution in [-0.4, -0.2) is 24.1 Å². The maximum absolute atomic E-state index is 11.9. The number of nitrogens with zero attached hydrogens (tertiary/aromatic N) is 2. The van der Waals surface area contributed by atoms with E-state index in [9.17, 15) is 13.2 Å². The number of nitrogens with two attached hydrogens (primary N) is 1. The number of nitrogens with one attached hydrogen (secondary N) is 1. The van der Waals surface area contributed by atoms with Gasteiger partial charge in [-0.3, -0.25) is 9.48 Å². The number of primary sulfonamides is 1. The van der Waals surface area contributed by atoms with Crippen molar-refractivity contribution in [1.82, 2.24) is 9.78 Å². The quantitative estimate of drug-likeness (QED) is 0.805. The molecule has 20 heavy (non-hydrogen) atoms. The minimum absolute atomic E-state index is 0.0172. The highest BCUT2D eigenvalue weighted by Gasteiger charge is 2.20. The number of hydrogen-bond donors (Lipinski definition) is 2. The van der Waals surface area contributed by atoms with Gasteiger partial charge < -0.3 is 5.32 Å². The van der Waals surface area contributed by atoms with Crippen molar-refractivity contribution in [3.63, 3.8) is 0 Å². The summed E-state index contributed by atoms with van der Waals surface area (Å²) in [6.45, 7) is 0. The maximum Gasteiger partial charge on any atom is 0.243 e. The minimum atomic E-state index is -3.90. The molecule has 1 aromatic heterocycles. The van der Waals surface area contributed by atoms with Gasteiger partial charge >= 0.3 is 0 Å². The van der Waals surface area contributed by atoms with Gasteiger partial charge in [-0.1, -0.05) is 11.6 Å². The first-order chi connectivity index (χ1) is 9.36. The van der Waals surface area contributed by atoms with Gasteiger partial charge in [0.25, 0.3) is 0 Å². The first-order valence-corrected chi connectivity index (χ1v) is 7.95. The molecular formula is C12H18N4O3S. The fourth-order valence-corrected chi connectivity index (χ4v) is 2.87. The average Bonchev–Trinajstić information content (AvgIpc) is 2.71. The molecule has 0 aromatic carbocycles. The summed E-state index contributed by atoms with van der Waals surface area (Å²) in [5.41, 5.74) is 1.09. The smallest absolute Gasteiger partial charge is 0.243 e. The fraction of sp³-hybridized carbons (Fsp3) is 0.500. The van der Waals surface area contributed by atoms with Crippen molar-refractivity contribution in [2.75, 3.05) is 5.32 Å². The van der Waals surface area contributed by atoms with Crippen LogP contribution in [0.3, 0.4) is 0 Å². The van der Waals surface area contributed by atoms with Gasteiger partial charge in [-0.15, -0.1) is 0 Å². The number of sulfonamides is 1. The topological polar surface area (TPSA) is 107 Å². The van der Waals surface area contributed by atoms with Crippen LogP contribution < -0.4 is 10.5 Å². The van der Waals surface area contributed by atoms with Crippen molar-refractivity contribution in [2.24, 2.45) is 12.2 Å². The van der Waals surface area contributed by atoms with E-state index in [0.29, 0.717) is 0 Å². The zero-order chi connectivity index (χ0) is 14.8. The van der Waals surface area contributed by atoms with Crippen LogP contribution >= 0.6 is 0 Å². The number of hydrogen-bond acceptors (Lipinski definition) is 4. The SMILES string of the molecule is Cn1cc(S(N)(=O)=O)c(NC(=O)CC2=CCCCC2)n1.